The minimum Gasteiger partial charge on any atom is -0.325 e. The van der Waals surface area contributed by atoms with Crippen molar-refractivity contribution in [3.63, 3.8) is 0 Å². The van der Waals surface area contributed by atoms with Crippen LogP contribution < -0.4 is 5.32 Å². The van der Waals surface area contributed by atoms with Crippen LogP contribution in [0.4, 0.5) is 11.4 Å². The lowest BCUT2D eigenvalue weighted by Gasteiger charge is -2.09. The third kappa shape index (κ3) is 2.67. The zero-order chi connectivity index (χ0) is 16.7. The fourth-order valence-corrected chi connectivity index (χ4v) is 4.01. The Morgan fingerprint density at radius 1 is 1.29 bits per heavy atom. The van der Waals surface area contributed by atoms with Crippen LogP contribution in [-0.4, -0.2) is 21.1 Å². The molecular formula is C17H13N3O3S. The van der Waals surface area contributed by atoms with Gasteiger partial charge in [0.1, 0.15) is 5.03 Å². The molecule has 0 radical (unpaired) electrons. The second-order valence-electron chi connectivity index (χ2n) is 5.71. The van der Waals surface area contributed by atoms with Crippen molar-refractivity contribution in [2.45, 2.75) is 23.1 Å². The number of hydrogen-bond donors (Lipinski definition) is 1. The molecule has 0 fully saturated rings. The number of allylic oxidation sites excluding steroid dienone is 1. The fourth-order valence-electron chi connectivity index (χ4n) is 2.86. The van der Waals surface area contributed by atoms with E-state index in [4.69, 9.17) is 0 Å². The van der Waals surface area contributed by atoms with Gasteiger partial charge in [-0.3, -0.25) is 14.9 Å². The van der Waals surface area contributed by atoms with Gasteiger partial charge in [-0.25, -0.2) is 4.98 Å². The van der Waals surface area contributed by atoms with E-state index in [0.29, 0.717) is 12.1 Å². The number of thioether (sulfide) groups is 1. The number of benzene rings is 1. The predicted molar refractivity (Wildman–Crippen MR) is 92.1 cm³/mol. The topological polar surface area (TPSA) is 85.1 Å². The standard InChI is InChI=1S/C17H13N3O3S/c21-16(18-12-4-6-13(7-5-12)20(22)23)15-9-11-8-10-2-1-3-14(10)19-17(11)24-15/h1,3-8,15H,2,9H2,(H,18,21). The van der Waals surface area contributed by atoms with Crippen LogP contribution in [0.5, 0.6) is 0 Å². The van der Waals surface area contributed by atoms with Gasteiger partial charge in [-0.05, 0) is 42.2 Å². The van der Waals surface area contributed by atoms with Crippen LogP contribution in [0.15, 0.2) is 41.4 Å². The average Bonchev–Trinajstić information content (AvgIpc) is 3.18. The number of non-ortho nitro benzene ring substituents is 1. The Kier molecular flexibility index (Phi) is 3.57. The van der Waals surface area contributed by atoms with Crippen molar-refractivity contribution in [3.8, 4) is 0 Å². The van der Waals surface area contributed by atoms with Gasteiger partial charge < -0.3 is 5.32 Å². The van der Waals surface area contributed by atoms with Crippen molar-refractivity contribution in [2.75, 3.05) is 5.32 Å². The zero-order valence-electron chi connectivity index (χ0n) is 12.6. The van der Waals surface area contributed by atoms with Crippen LogP contribution in [0.1, 0.15) is 16.8 Å². The van der Waals surface area contributed by atoms with E-state index < -0.39 is 4.92 Å². The Morgan fingerprint density at radius 2 is 2.08 bits per heavy atom. The van der Waals surface area contributed by atoms with Crippen LogP contribution in [0.2, 0.25) is 0 Å². The number of anilines is 1. The minimum atomic E-state index is -0.464. The van der Waals surface area contributed by atoms with E-state index in [1.165, 1.54) is 29.5 Å². The first-order valence-electron chi connectivity index (χ1n) is 7.51. The molecule has 1 aromatic heterocycles. The Morgan fingerprint density at radius 3 is 2.83 bits per heavy atom. The first kappa shape index (κ1) is 14.9. The van der Waals surface area contributed by atoms with Gasteiger partial charge in [0, 0.05) is 17.8 Å². The smallest absolute Gasteiger partial charge is 0.269 e. The van der Waals surface area contributed by atoms with Gasteiger partial charge in [-0.15, -0.1) is 0 Å². The summed E-state index contributed by atoms with van der Waals surface area (Å²) in [6.07, 6.45) is 5.66. The number of carbonyl (C=O) groups excluding carboxylic acids is 1. The van der Waals surface area contributed by atoms with E-state index in [-0.39, 0.29) is 16.8 Å². The number of nitrogens with one attached hydrogen (secondary N) is 1. The molecule has 24 heavy (non-hydrogen) atoms. The molecule has 1 unspecified atom stereocenters. The summed E-state index contributed by atoms with van der Waals surface area (Å²) in [5.41, 5.74) is 3.89. The SMILES string of the molecule is O=C(Nc1ccc([N+](=O)[O-])cc1)C1Cc2cc3c(nc2S1)C=CC3. The maximum atomic E-state index is 12.4. The van der Waals surface area contributed by atoms with Crippen LogP contribution in [0.3, 0.4) is 0 Å². The van der Waals surface area contributed by atoms with E-state index in [2.05, 4.69) is 22.4 Å². The summed E-state index contributed by atoms with van der Waals surface area (Å²) >= 11 is 1.47. The molecule has 1 atom stereocenters. The molecule has 1 aromatic carbocycles. The van der Waals surface area contributed by atoms with Crippen molar-refractivity contribution >= 4 is 35.1 Å². The maximum Gasteiger partial charge on any atom is 0.269 e. The van der Waals surface area contributed by atoms with E-state index >= 15 is 0 Å². The monoisotopic (exact) mass is 339 g/mol. The number of nitrogens with zero attached hydrogens (tertiary/aromatic N) is 2. The van der Waals surface area contributed by atoms with Gasteiger partial charge in [0.25, 0.3) is 5.69 Å². The number of pyridine rings is 1. The summed E-state index contributed by atoms with van der Waals surface area (Å²) in [5, 5.41) is 14.2. The van der Waals surface area contributed by atoms with Gasteiger partial charge in [0.2, 0.25) is 5.91 Å². The zero-order valence-corrected chi connectivity index (χ0v) is 13.4. The van der Waals surface area contributed by atoms with Gasteiger partial charge in [-0.1, -0.05) is 23.9 Å². The van der Waals surface area contributed by atoms with Crippen molar-refractivity contribution in [3.05, 3.63) is 63.3 Å². The average molecular weight is 339 g/mol. The first-order chi connectivity index (χ1) is 11.6. The normalized spacial score (nSPS) is 17.4. The summed E-state index contributed by atoms with van der Waals surface area (Å²) in [6.45, 7) is 0. The van der Waals surface area contributed by atoms with Gasteiger partial charge >= 0.3 is 0 Å². The van der Waals surface area contributed by atoms with Crippen LogP contribution in [0, 0.1) is 10.1 Å². The summed E-state index contributed by atoms with van der Waals surface area (Å²) in [4.78, 5) is 27.3. The molecule has 1 aliphatic heterocycles. The highest BCUT2D eigenvalue weighted by Gasteiger charge is 2.30. The Hall–Kier alpha value is -2.67. The second-order valence-corrected chi connectivity index (χ2v) is 6.90. The summed E-state index contributed by atoms with van der Waals surface area (Å²) in [7, 11) is 0. The summed E-state index contributed by atoms with van der Waals surface area (Å²) < 4.78 is 0. The quantitative estimate of drug-likeness (QED) is 0.685. The van der Waals surface area contributed by atoms with Crippen molar-refractivity contribution in [2.24, 2.45) is 0 Å². The molecule has 120 valence electrons. The number of nitro benzene ring substituents is 1. The van der Waals surface area contributed by atoms with Crippen molar-refractivity contribution in [1.29, 1.82) is 0 Å². The highest BCUT2D eigenvalue weighted by molar-refractivity contribution is 8.00. The number of rotatable bonds is 3. The highest BCUT2D eigenvalue weighted by Crippen LogP contribution is 2.38. The Balaban J connectivity index is 1.46. The number of fused-ring (bicyclic) bond motifs is 2. The molecular weight excluding hydrogens is 326 g/mol. The van der Waals surface area contributed by atoms with Crippen LogP contribution >= 0.6 is 11.8 Å². The lowest BCUT2D eigenvalue weighted by atomic mass is 10.1. The number of hydrogen-bond acceptors (Lipinski definition) is 5. The molecule has 0 spiro atoms. The molecule has 0 saturated carbocycles. The van der Waals surface area contributed by atoms with Crippen LogP contribution in [-0.2, 0) is 17.6 Å². The molecule has 0 saturated heterocycles. The third-order valence-electron chi connectivity index (χ3n) is 4.08. The molecule has 1 aliphatic carbocycles. The molecule has 4 rings (SSSR count). The van der Waals surface area contributed by atoms with Crippen molar-refractivity contribution < 1.29 is 9.72 Å². The van der Waals surface area contributed by atoms with Gasteiger partial charge in [0.15, 0.2) is 0 Å². The molecule has 1 amide bonds. The number of aromatic nitrogens is 1. The lowest BCUT2D eigenvalue weighted by Crippen LogP contribution is -2.24. The van der Waals surface area contributed by atoms with Crippen molar-refractivity contribution in [1.82, 2.24) is 4.98 Å². The fraction of sp³-hybridized carbons (Fsp3) is 0.176. The molecule has 2 heterocycles. The molecule has 2 aromatic rings. The second kappa shape index (κ2) is 5.76. The highest BCUT2D eigenvalue weighted by atomic mass is 32.2. The first-order valence-corrected chi connectivity index (χ1v) is 8.39. The third-order valence-corrected chi connectivity index (χ3v) is 5.33. The Labute approximate surface area is 142 Å². The molecule has 7 heteroatoms. The largest absolute Gasteiger partial charge is 0.325 e. The molecule has 0 bridgehead atoms. The van der Waals surface area contributed by atoms with E-state index in [1.807, 2.05) is 6.08 Å². The molecule has 2 aliphatic rings. The molecule has 1 N–H and O–H groups in total. The van der Waals surface area contributed by atoms with E-state index in [9.17, 15) is 14.9 Å². The maximum absolute atomic E-state index is 12.4. The summed E-state index contributed by atoms with van der Waals surface area (Å²) in [5.74, 6) is -0.109. The van der Waals surface area contributed by atoms with Crippen LogP contribution in [0.25, 0.3) is 6.08 Å². The minimum absolute atomic E-state index is 0.00224. The summed E-state index contributed by atoms with van der Waals surface area (Å²) in [6, 6.07) is 7.99. The lowest BCUT2D eigenvalue weighted by molar-refractivity contribution is -0.384. The molecule has 6 nitrogen and oxygen atoms in total. The Bertz CT molecular complexity index is 877. The van der Waals surface area contributed by atoms with E-state index in [1.54, 1.807) is 12.1 Å². The van der Waals surface area contributed by atoms with Gasteiger partial charge in [0.05, 0.1) is 15.9 Å². The van der Waals surface area contributed by atoms with E-state index in [0.717, 1.165) is 22.7 Å². The predicted octanol–water partition coefficient (Wildman–Crippen LogP) is 3.21. The van der Waals surface area contributed by atoms with Gasteiger partial charge in [-0.2, -0.15) is 0 Å². The number of carbonyl (C=O) groups is 1. The number of amides is 1. The number of nitro groups is 1.